The van der Waals surface area contributed by atoms with Crippen molar-refractivity contribution < 1.29 is 19.4 Å². The summed E-state index contributed by atoms with van der Waals surface area (Å²) < 4.78 is 11.7. The van der Waals surface area contributed by atoms with Crippen molar-refractivity contribution in [2.24, 2.45) is 0 Å². The van der Waals surface area contributed by atoms with E-state index < -0.39 is 5.97 Å². The van der Waals surface area contributed by atoms with Crippen molar-refractivity contribution in [1.82, 2.24) is 4.98 Å². The van der Waals surface area contributed by atoms with Crippen LogP contribution in [0.15, 0.2) is 60.9 Å². The maximum atomic E-state index is 11.5. The highest BCUT2D eigenvalue weighted by Gasteiger charge is 2.23. The molecule has 4 rings (SSSR count). The van der Waals surface area contributed by atoms with E-state index in [2.05, 4.69) is 40.3 Å². The molecule has 1 atom stereocenters. The number of anilines is 3. The summed E-state index contributed by atoms with van der Waals surface area (Å²) in [5.41, 5.74) is 3.96. The van der Waals surface area contributed by atoms with Crippen molar-refractivity contribution in [2.45, 2.75) is 25.7 Å². The Morgan fingerprint density at radius 1 is 1.21 bits per heavy atom. The summed E-state index contributed by atoms with van der Waals surface area (Å²) in [4.78, 5) is 17.6. The Balaban J connectivity index is 1.47. The van der Waals surface area contributed by atoms with Gasteiger partial charge in [-0.25, -0.2) is 4.79 Å². The van der Waals surface area contributed by atoms with E-state index in [0.29, 0.717) is 25.4 Å². The van der Waals surface area contributed by atoms with E-state index in [4.69, 9.17) is 9.47 Å². The predicted octanol–water partition coefficient (Wildman–Crippen LogP) is 5.31. The zero-order valence-corrected chi connectivity index (χ0v) is 19.0. The summed E-state index contributed by atoms with van der Waals surface area (Å²) in [7, 11) is 2.03. The number of carbonyl (C=O) groups is 1. The summed E-state index contributed by atoms with van der Waals surface area (Å²) in [6.07, 6.45) is 4.88. The first-order chi connectivity index (χ1) is 16.1. The van der Waals surface area contributed by atoms with Crippen molar-refractivity contribution in [1.29, 1.82) is 0 Å². The van der Waals surface area contributed by atoms with Gasteiger partial charge in [0.1, 0.15) is 11.5 Å². The van der Waals surface area contributed by atoms with Crippen molar-refractivity contribution >= 4 is 23.0 Å². The van der Waals surface area contributed by atoms with Gasteiger partial charge in [0, 0.05) is 43.1 Å². The van der Waals surface area contributed by atoms with Crippen LogP contribution in [0.25, 0.3) is 0 Å². The molecule has 1 aliphatic rings. The highest BCUT2D eigenvalue weighted by atomic mass is 16.5. The fourth-order valence-corrected chi connectivity index (χ4v) is 3.96. The van der Waals surface area contributed by atoms with E-state index in [1.165, 1.54) is 12.3 Å². The fraction of sp³-hybridized carbons (Fsp3) is 0.308. The van der Waals surface area contributed by atoms with Gasteiger partial charge in [-0.1, -0.05) is 13.0 Å². The third-order valence-electron chi connectivity index (χ3n) is 5.84. The van der Waals surface area contributed by atoms with Crippen molar-refractivity contribution in [2.75, 3.05) is 37.0 Å². The van der Waals surface area contributed by atoms with Crippen LogP contribution >= 0.6 is 0 Å². The summed E-state index contributed by atoms with van der Waals surface area (Å²) in [6.45, 7) is 4.03. The molecule has 0 radical (unpaired) electrons. The lowest BCUT2D eigenvalue weighted by molar-refractivity contribution is 0.0697. The molecule has 2 N–H and O–H groups in total. The molecule has 7 nitrogen and oxygen atoms in total. The van der Waals surface area contributed by atoms with Gasteiger partial charge in [-0.3, -0.25) is 4.98 Å². The summed E-state index contributed by atoms with van der Waals surface area (Å²) in [5, 5.41) is 12.7. The van der Waals surface area contributed by atoms with Gasteiger partial charge in [-0.2, -0.15) is 0 Å². The van der Waals surface area contributed by atoms with Crippen molar-refractivity contribution in [3.05, 3.63) is 72.1 Å². The lowest BCUT2D eigenvalue weighted by atomic mass is 9.92. The molecule has 0 saturated carbocycles. The van der Waals surface area contributed by atoms with Gasteiger partial charge in [0.2, 0.25) is 0 Å². The molecule has 0 saturated heterocycles. The number of nitrogens with one attached hydrogen (secondary N) is 1. The quantitative estimate of drug-likeness (QED) is 0.460. The van der Waals surface area contributed by atoms with Crippen LogP contribution in [0.2, 0.25) is 0 Å². The molecule has 0 unspecified atom stereocenters. The predicted molar refractivity (Wildman–Crippen MR) is 129 cm³/mol. The molecule has 1 aliphatic heterocycles. The molecular formula is C26H29N3O4. The number of aromatic nitrogens is 1. The van der Waals surface area contributed by atoms with Crippen LogP contribution in [0.5, 0.6) is 11.5 Å². The number of nitrogens with zero attached hydrogens (tertiary/aromatic N) is 2. The third kappa shape index (κ3) is 5.19. The molecule has 0 amide bonds. The number of pyridine rings is 1. The van der Waals surface area contributed by atoms with Crippen LogP contribution in [0.3, 0.4) is 0 Å². The standard InChI is InChI=1S/C26H29N3O4/c1-3-13-32-21-7-4-19(5-8-21)29(2)20-6-9-22-18(11-14-33-25(22)15-20)16-28-24-17-27-12-10-23(24)26(30)31/h4-10,12,15,17-18,28H,3,11,13-14,16H2,1-2H3,(H,30,31)/t18-/m0/s1. The monoisotopic (exact) mass is 447 g/mol. The Bertz CT molecular complexity index is 1100. The van der Waals surface area contributed by atoms with E-state index >= 15 is 0 Å². The zero-order chi connectivity index (χ0) is 23.2. The van der Waals surface area contributed by atoms with Crippen LogP contribution in [-0.4, -0.2) is 42.9 Å². The van der Waals surface area contributed by atoms with Gasteiger partial charge in [0.05, 0.1) is 30.7 Å². The lowest BCUT2D eigenvalue weighted by Crippen LogP contribution is -2.22. The molecule has 2 aromatic carbocycles. The first-order valence-corrected chi connectivity index (χ1v) is 11.2. The van der Waals surface area contributed by atoms with Crippen LogP contribution in [0, 0.1) is 0 Å². The largest absolute Gasteiger partial charge is 0.494 e. The minimum Gasteiger partial charge on any atom is -0.494 e. The van der Waals surface area contributed by atoms with E-state index in [9.17, 15) is 9.90 Å². The molecular weight excluding hydrogens is 418 g/mol. The molecule has 0 spiro atoms. The van der Waals surface area contributed by atoms with Crippen molar-refractivity contribution in [3.8, 4) is 11.5 Å². The number of fused-ring (bicyclic) bond motifs is 1. The van der Waals surface area contributed by atoms with Gasteiger partial charge in [-0.15, -0.1) is 0 Å². The fourth-order valence-electron chi connectivity index (χ4n) is 3.96. The number of carboxylic acid groups (broad SMARTS) is 1. The van der Waals surface area contributed by atoms with E-state index in [0.717, 1.165) is 41.3 Å². The number of hydrogen-bond acceptors (Lipinski definition) is 6. The van der Waals surface area contributed by atoms with Gasteiger partial charge in [0.25, 0.3) is 0 Å². The number of ether oxygens (including phenoxy) is 2. The Labute approximate surface area is 194 Å². The van der Waals surface area contributed by atoms with Gasteiger partial charge >= 0.3 is 5.97 Å². The van der Waals surface area contributed by atoms with Crippen LogP contribution in [0.1, 0.15) is 41.6 Å². The second-order valence-electron chi connectivity index (χ2n) is 8.06. The van der Waals surface area contributed by atoms with Crippen molar-refractivity contribution in [3.63, 3.8) is 0 Å². The highest BCUT2D eigenvalue weighted by Crippen LogP contribution is 2.38. The number of hydrogen-bond donors (Lipinski definition) is 2. The molecule has 0 fully saturated rings. The second-order valence-corrected chi connectivity index (χ2v) is 8.06. The maximum Gasteiger partial charge on any atom is 0.337 e. The summed E-state index contributed by atoms with van der Waals surface area (Å²) >= 11 is 0. The van der Waals surface area contributed by atoms with Gasteiger partial charge in [-0.05, 0) is 54.8 Å². The minimum atomic E-state index is -0.968. The second kappa shape index (κ2) is 10.3. The summed E-state index contributed by atoms with van der Waals surface area (Å²) in [6, 6.07) is 15.8. The van der Waals surface area contributed by atoms with Crippen LogP contribution < -0.4 is 19.7 Å². The van der Waals surface area contributed by atoms with Crippen LogP contribution in [-0.2, 0) is 0 Å². The first-order valence-electron chi connectivity index (χ1n) is 11.2. The number of benzene rings is 2. The molecule has 0 aliphatic carbocycles. The van der Waals surface area contributed by atoms with E-state index in [1.807, 2.05) is 31.3 Å². The van der Waals surface area contributed by atoms with Gasteiger partial charge in [0.15, 0.2) is 0 Å². The Morgan fingerprint density at radius 2 is 2.00 bits per heavy atom. The zero-order valence-electron chi connectivity index (χ0n) is 19.0. The lowest BCUT2D eigenvalue weighted by Gasteiger charge is -2.28. The normalized spacial score (nSPS) is 14.7. The number of carboxylic acids is 1. The summed E-state index contributed by atoms with van der Waals surface area (Å²) in [5.74, 6) is 0.984. The van der Waals surface area contributed by atoms with Crippen LogP contribution in [0.4, 0.5) is 17.1 Å². The molecule has 2 heterocycles. The number of aromatic carboxylic acids is 1. The molecule has 7 heteroatoms. The molecule has 0 bridgehead atoms. The minimum absolute atomic E-state index is 0.213. The number of rotatable bonds is 9. The average molecular weight is 448 g/mol. The maximum absolute atomic E-state index is 11.5. The highest BCUT2D eigenvalue weighted by molar-refractivity contribution is 5.93. The Morgan fingerprint density at radius 3 is 2.76 bits per heavy atom. The molecule has 1 aromatic heterocycles. The topological polar surface area (TPSA) is 83.9 Å². The Kier molecular flexibility index (Phi) is 6.98. The smallest absolute Gasteiger partial charge is 0.337 e. The molecule has 3 aromatic rings. The van der Waals surface area contributed by atoms with E-state index in [1.54, 1.807) is 6.20 Å². The average Bonchev–Trinajstić information content (AvgIpc) is 2.85. The third-order valence-corrected chi connectivity index (χ3v) is 5.84. The molecule has 33 heavy (non-hydrogen) atoms. The van der Waals surface area contributed by atoms with E-state index in [-0.39, 0.29) is 11.5 Å². The Hall–Kier alpha value is -3.74. The molecule has 172 valence electrons. The SMILES string of the molecule is CCCOc1ccc(N(C)c2ccc3c(c2)OCC[C@H]3CNc2cnccc2C(=O)O)cc1. The first kappa shape index (κ1) is 22.5. The van der Waals surface area contributed by atoms with Gasteiger partial charge < -0.3 is 24.8 Å².